The molecule has 1 aromatic carbocycles. The number of aryl methyl sites for hydroxylation is 1. The van der Waals surface area contributed by atoms with Crippen molar-refractivity contribution in [3.63, 3.8) is 0 Å². The number of benzene rings is 1. The van der Waals surface area contributed by atoms with Crippen LogP contribution < -0.4 is 10.6 Å². The number of aromatic nitrogens is 2. The highest BCUT2D eigenvalue weighted by atomic mass is 19.4. The van der Waals surface area contributed by atoms with Crippen molar-refractivity contribution in [3.8, 4) is 17.9 Å². The molecular weight excluding hydrogens is 605 g/mol. The molecule has 11 heteroatoms. The van der Waals surface area contributed by atoms with Crippen LogP contribution in [0.3, 0.4) is 0 Å². The van der Waals surface area contributed by atoms with E-state index in [1.807, 2.05) is 18.2 Å². The van der Waals surface area contributed by atoms with Crippen LogP contribution in [0.25, 0.3) is 10.9 Å². The van der Waals surface area contributed by atoms with Crippen molar-refractivity contribution in [3.05, 3.63) is 59.5 Å². The molecule has 0 bridgehead atoms. The summed E-state index contributed by atoms with van der Waals surface area (Å²) < 4.78 is 47.2. The number of halogens is 3. The molecule has 3 aromatic rings. The molecule has 2 aliphatic rings. The van der Waals surface area contributed by atoms with Crippen molar-refractivity contribution in [2.24, 2.45) is 5.92 Å². The number of likely N-dealkylation sites (tertiary alicyclic amines) is 1. The van der Waals surface area contributed by atoms with Gasteiger partial charge in [-0.05, 0) is 113 Å². The third kappa shape index (κ3) is 9.73. The Morgan fingerprint density at radius 2 is 1.85 bits per heavy atom. The SMILES string of the molecule is CC(C)(C#N)c1ccc(NCC#Cc2cc3cc(CCC4CCN(CC(=O)NC5CCOCC5)CC4)ccc3n2CC(F)(F)F)cn1. The van der Waals surface area contributed by atoms with E-state index in [4.69, 9.17) is 4.74 Å². The third-order valence-corrected chi connectivity index (χ3v) is 9.09. The number of hydrogen-bond donors (Lipinski definition) is 2. The van der Waals surface area contributed by atoms with Crippen molar-refractivity contribution >= 4 is 22.5 Å². The Labute approximate surface area is 274 Å². The minimum atomic E-state index is -4.38. The number of ether oxygens (including phenoxy) is 1. The van der Waals surface area contributed by atoms with Crippen molar-refractivity contribution < 1.29 is 22.7 Å². The number of carbonyl (C=O) groups is 1. The van der Waals surface area contributed by atoms with Gasteiger partial charge in [-0.3, -0.25) is 14.7 Å². The molecule has 2 fully saturated rings. The number of rotatable bonds is 10. The Morgan fingerprint density at radius 1 is 1.09 bits per heavy atom. The summed E-state index contributed by atoms with van der Waals surface area (Å²) in [5, 5.41) is 16.3. The number of piperidine rings is 1. The second kappa shape index (κ2) is 15.2. The molecule has 250 valence electrons. The first-order chi connectivity index (χ1) is 22.5. The lowest BCUT2D eigenvalue weighted by molar-refractivity contribution is -0.140. The first-order valence-corrected chi connectivity index (χ1v) is 16.4. The second-order valence-electron chi connectivity index (χ2n) is 13.2. The molecular formula is C36H43F3N6O2. The van der Waals surface area contributed by atoms with Crippen molar-refractivity contribution in [1.82, 2.24) is 19.8 Å². The fourth-order valence-corrected chi connectivity index (χ4v) is 6.26. The highest BCUT2D eigenvalue weighted by Crippen LogP contribution is 2.28. The number of anilines is 1. The van der Waals surface area contributed by atoms with Gasteiger partial charge in [-0.2, -0.15) is 18.4 Å². The predicted octanol–water partition coefficient (Wildman–Crippen LogP) is 5.80. The molecule has 2 aliphatic heterocycles. The molecule has 2 N–H and O–H groups in total. The third-order valence-electron chi connectivity index (χ3n) is 9.09. The van der Waals surface area contributed by atoms with Crippen LogP contribution in [0, 0.1) is 29.1 Å². The summed E-state index contributed by atoms with van der Waals surface area (Å²) in [6.07, 6.45) is 2.88. The maximum Gasteiger partial charge on any atom is 0.406 e. The average Bonchev–Trinajstić information content (AvgIpc) is 3.38. The molecule has 0 unspecified atom stereocenters. The number of nitriles is 1. The average molecular weight is 649 g/mol. The van der Waals surface area contributed by atoms with Gasteiger partial charge in [-0.15, -0.1) is 0 Å². The largest absolute Gasteiger partial charge is 0.406 e. The van der Waals surface area contributed by atoms with E-state index in [2.05, 4.69) is 38.4 Å². The number of nitrogens with zero attached hydrogens (tertiary/aromatic N) is 4. The van der Waals surface area contributed by atoms with Crippen LogP contribution in [0.15, 0.2) is 42.6 Å². The van der Waals surface area contributed by atoms with Gasteiger partial charge in [0.1, 0.15) is 6.54 Å². The summed E-state index contributed by atoms with van der Waals surface area (Å²) in [6.45, 7) is 6.32. The van der Waals surface area contributed by atoms with Crippen LogP contribution in [0.4, 0.5) is 18.9 Å². The Balaban J connectivity index is 1.15. The highest BCUT2D eigenvalue weighted by Gasteiger charge is 2.30. The fourth-order valence-electron chi connectivity index (χ4n) is 6.26. The van der Waals surface area contributed by atoms with Crippen LogP contribution >= 0.6 is 0 Å². The smallest absolute Gasteiger partial charge is 0.381 e. The molecule has 2 aromatic heterocycles. The van der Waals surface area contributed by atoms with Crippen LogP contribution in [-0.2, 0) is 27.9 Å². The number of pyridine rings is 1. The predicted molar refractivity (Wildman–Crippen MR) is 176 cm³/mol. The normalized spacial score (nSPS) is 16.8. The topological polar surface area (TPSA) is 95.2 Å². The molecule has 5 rings (SSSR count). The molecule has 1 amide bonds. The number of nitrogens with one attached hydrogen (secondary N) is 2. The zero-order chi connectivity index (χ0) is 33.4. The lowest BCUT2D eigenvalue weighted by Gasteiger charge is -2.32. The Hall–Kier alpha value is -4.06. The summed E-state index contributed by atoms with van der Waals surface area (Å²) >= 11 is 0. The standard InChI is InChI=1S/C36H43F3N6O2/c1-35(2,24-40)33-10-8-30(22-42-33)41-15-3-4-31-21-28-20-27(7-9-32(28)45(31)25-36(37,38)39)6-5-26-11-16-44(17-12-26)23-34(46)43-29-13-18-47-19-14-29/h7-10,20-22,26,29,41H,5-6,11-19,23,25H2,1-2H3,(H,43,46). The summed E-state index contributed by atoms with van der Waals surface area (Å²) in [5.74, 6) is 6.52. The van der Waals surface area contributed by atoms with E-state index in [9.17, 15) is 23.2 Å². The van der Waals surface area contributed by atoms with Gasteiger partial charge in [-0.1, -0.05) is 12.0 Å². The van der Waals surface area contributed by atoms with Gasteiger partial charge in [0.15, 0.2) is 0 Å². The molecule has 0 radical (unpaired) electrons. The molecule has 0 atom stereocenters. The molecule has 0 saturated carbocycles. The summed E-state index contributed by atoms with van der Waals surface area (Å²) in [7, 11) is 0. The minimum Gasteiger partial charge on any atom is -0.381 e. The Bertz CT molecular complexity index is 1620. The Morgan fingerprint density at radius 3 is 2.53 bits per heavy atom. The number of alkyl halides is 3. The molecule has 4 heterocycles. The van der Waals surface area contributed by atoms with E-state index in [-0.39, 0.29) is 18.5 Å². The molecule has 2 saturated heterocycles. The maximum absolute atomic E-state index is 13.5. The lowest BCUT2D eigenvalue weighted by atomic mass is 9.90. The van der Waals surface area contributed by atoms with Crippen LogP contribution in [0.2, 0.25) is 0 Å². The van der Waals surface area contributed by atoms with Crippen molar-refractivity contribution in [2.75, 3.05) is 44.7 Å². The van der Waals surface area contributed by atoms with Gasteiger partial charge in [0.25, 0.3) is 0 Å². The van der Waals surface area contributed by atoms with Gasteiger partial charge < -0.3 is 19.9 Å². The molecule has 0 spiro atoms. The number of fused-ring (bicyclic) bond motifs is 1. The van der Waals surface area contributed by atoms with Crippen LogP contribution in [0.5, 0.6) is 0 Å². The molecule has 47 heavy (non-hydrogen) atoms. The first-order valence-electron chi connectivity index (χ1n) is 16.4. The van der Waals surface area contributed by atoms with E-state index in [1.54, 1.807) is 38.2 Å². The zero-order valence-corrected chi connectivity index (χ0v) is 27.1. The fraction of sp³-hybridized carbons (Fsp3) is 0.528. The van der Waals surface area contributed by atoms with Gasteiger partial charge in [0.05, 0.1) is 47.8 Å². The summed E-state index contributed by atoms with van der Waals surface area (Å²) in [6, 6.07) is 13.4. The van der Waals surface area contributed by atoms with Crippen LogP contribution in [-0.4, -0.2) is 72.0 Å². The monoisotopic (exact) mass is 648 g/mol. The van der Waals surface area contributed by atoms with Crippen molar-refractivity contribution in [2.45, 2.75) is 76.6 Å². The van der Waals surface area contributed by atoms with Gasteiger partial charge >= 0.3 is 6.18 Å². The zero-order valence-electron chi connectivity index (χ0n) is 27.1. The minimum absolute atomic E-state index is 0.0884. The first kappa shape index (κ1) is 34.3. The summed E-state index contributed by atoms with van der Waals surface area (Å²) in [4.78, 5) is 19.0. The molecule has 8 nitrogen and oxygen atoms in total. The highest BCUT2D eigenvalue weighted by molar-refractivity contribution is 5.83. The van der Waals surface area contributed by atoms with Gasteiger partial charge in [0.2, 0.25) is 5.91 Å². The van der Waals surface area contributed by atoms with E-state index >= 15 is 0 Å². The number of amides is 1. The maximum atomic E-state index is 13.5. The Kier molecular flexibility index (Phi) is 11.1. The van der Waals surface area contributed by atoms with Gasteiger partial charge in [0, 0.05) is 30.2 Å². The lowest BCUT2D eigenvalue weighted by Crippen LogP contribution is -2.46. The summed E-state index contributed by atoms with van der Waals surface area (Å²) in [5.41, 5.74) is 2.58. The van der Waals surface area contributed by atoms with Crippen LogP contribution in [0.1, 0.15) is 62.9 Å². The van der Waals surface area contributed by atoms with E-state index < -0.39 is 18.1 Å². The van der Waals surface area contributed by atoms with E-state index in [0.717, 1.165) is 62.6 Å². The molecule has 0 aliphatic carbocycles. The van der Waals surface area contributed by atoms with Gasteiger partial charge in [-0.25, -0.2) is 0 Å². The second-order valence-corrected chi connectivity index (χ2v) is 13.2. The number of carbonyl (C=O) groups excluding carboxylic acids is 1. The van der Waals surface area contributed by atoms with E-state index in [0.29, 0.717) is 48.3 Å². The van der Waals surface area contributed by atoms with E-state index in [1.165, 1.54) is 4.57 Å². The van der Waals surface area contributed by atoms with Crippen molar-refractivity contribution in [1.29, 1.82) is 5.26 Å². The quantitative estimate of drug-likeness (QED) is 0.270. The number of hydrogen-bond acceptors (Lipinski definition) is 6.